The Morgan fingerprint density at radius 2 is 2.00 bits per heavy atom. The molecule has 1 aliphatic heterocycles. The molecular formula is C14H15N3S2. The van der Waals surface area contributed by atoms with E-state index in [-0.39, 0.29) is 0 Å². The Morgan fingerprint density at radius 1 is 1.26 bits per heavy atom. The number of aromatic nitrogens is 1. The molecule has 2 N–H and O–H groups in total. The first-order valence-electron chi connectivity index (χ1n) is 6.28. The third kappa shape index (κ3) is 2.53. The molecular weight excluding hydrogens is 274 g/mol. The van der Waals surface area contributed by atoms with Gasteiger partial charge >= 0.3 is 0 Å². The Labute approximate surface area is 122 Å². The summed E-state index contributed by atoms with van der Waals surface area (Å²) in [4.78, 5) is 7.48. The zero-order chi connectivity index (χ0) is 13.2. The number of benzene rings is 1. The van der Waals surface area contributed by atoms with E-state index in [0.29, 0.717) is 4.99 Å². The number of thioether (sulfide) groups is 1. The van der Waals surface area contributed by atoms with Crippen LogP contribution in [0.25, 0.3) is 10.9 Å². The Balaban J connectivity index is 2.14. The van der Waals surface area contributed by atoms with Gasteiger partial charge in [-0.05, 0) is 12.1 Å². The van der Waals surface area contributed by atoms with Gasteiger partial charge in [0.15, 0.2) is 0 Å². The minimum Gasteiger partial charge on any atom is -0.389 e. The van der Waals surface area contributed by atoms with Crippen LogP contribution in [0.3, 0.4) is 0 Å². The molecule has 19 heavy (non-hydrogen) atoms. The summed E-state index contributed by atoms with van der Waals surface area (Å²) in [6.07, 6.45) is 0. The molecule has 0 atom stereocenters. The van der Waals surface area contributed by atoms with Crippen molar-refractivity contribution in [2.45, 2.75) is 0 Å². The molecule has 1 aliphatic rings. The molecule has 1 saturated heterocycles. The van der Waals surface area contributed by atoms with Gasteiger partial charge in [-0.2, -0.15) is 11.8 Å². The molecule has 0 aliphatic carbocycles. The number of fused-ring (bicyclic) bond motifs is 1. The number of anilines is 1. The van der Waals surface area contributed by atoms with Crippen LogP contribution in [-0.2, 0) is 0 Å². The monoisotopic (exact) mass is 289 g/mol. The smallest absolute Gasteiger partial charge is 0.139 e. The summed E-state index contributed by atoms with van der Waals surface area (Å²) in [6, 6.07) is 10.1. The van der Waals surface area contributed by atoms with Crippen LogP contribution in [0.4, 0.5) is 5.82 Å². The van der Waals surface area contributed by atoms with E-state index in [1.54, 1.807) is 0 Å². The third-order valence-corrected chi connectivity index (χ3v) is 4.44. The summed E-state index contributed by atoms with van der Waals surface area (Å²) in [7, 11) is 0. The van der Waals surface area contributed by atoms with E-state index in [0.717, 1.165) is 46.9 Å². The highest BCUT2D eigenvalue weighted by molar-refractivity contribution is 7.99. The van der Waals surface area contributed by atoms with E-state index >= 15 is 0 Å². The molecule has 0 unspecified atom stereocenters. The fourth-order valence-electron chi connectivity index (χ4n) is 2.30. The molecule has 3 nitrogen and oxygen atoms in total. The van der Waals surface area contributed by atoms with Gasteiger partial charge < -0.3 is 10.6 Å². The summed E-state index contributed by atoms with van der Waals surface area (Å²) >= 11 is 7.17. The van der Waals surface area contributed by atoms with E-state index in [9.17, 15) is 0 Å². The number of thiocarbonyl (C=S) groups is 1. The molecule has 0 radical (unpaired) electrons. The maximum atomic E-state index is 5.87. The second-order valence-corrected chi connectivity index (χ2v) is 6.18. The molecule has 0 spiro atoms. The van der Waals surface area contributed by atoms with Gasteiger partial charge in [-0.3, -0.25) is 0 Å². The zero-order valence-electron chi connectivity index (χ0n) is 10.5. The fraction of sp³-hybridized carbons (Fsp3) is 0.286. The van der Waals surface area contributed by atoms with E-state index in [1.807, 2.05) is 36.0 Å². The Hall–Kier alpha value is -1.33. The van der Waals surface area contributed by atoms with Crippen LogP contribution < -0.4 is 10.6 Å². The number of para-hydroxylation sites is 1. The van der Waals surface area contributed by atoms with Crippen molar-refractivity contribution in [3.63, 3.8) is 0 Å². The number of nitrogens with zero attached hydrogens (tertiary/aromatic N) is 2. The van der Waals surface area contributed by atoms with Crippen molar-refractivity contribution in [2.24, 2.45) is 5.73 Å². The van der Waals surface area contributed by atoms with Crippen LogP contribution in [0.5, 0.6) is 0 Å². The van der Waals surface area contributed by atoms with E-state index < -0.39 is 0 Å². The highest BCUT2D eigenvalue weighted by atomic mass is 32.2. The summed E-state index contributed by atoms with van der Waals surface area (Å²) in [6.45, 7) is 2.01. The fourth-order valence-corrected chi connectivity index (χ4v) is 3.36. The largest absolute Gasteiger partial charge is 0.389 e. The molecule has 1 aromatic carbocycles. The summed E-state index contributed by atoms with van der Waals surface area (Å²) in [5.74, 6) is 3.20. The minimum absolute atomic E-state index is 0.423. The molecule has 3 rings (SSSR count). The van der Waals surface area contributed by atoms with Gasteiger partial charge in [0.05, 0.1) is 11.1 Å². The normalized spacial score (nSPS) is 15.7. The van der Waals surface area contributed by atoms with Gasteiger partial charge in [-0.25, -0.2) is 4.98 Å². The van der Waals surface area contributed by atoms with Crippen molar-refractivity contribution >= 4 is 45.7 Å². The lowest BCUT2D eigenvalue weighted by molar-refractivity contribution is 0.841. The average molecular weight is 289 g/mol. The number of hydrogen-bond donors (Lipinski definition) is 1. The number of rotatable bonds is 2. The van der Waals surface area contributed by atoms with Crippen molar-refractivity contribution in [3.8, 4) is 0 Å². The Kier molecular flexibility index (Phi) is 3.57. The van der Waals surface area contributed by atoms with E-state index in [4.69, 9.17) is 22.9 Å². The molecule has 0 amide bonds. The van der Waals surface area contributed by atoms with Gasteiger partial charge in [0.25, 0.3) is 0 Å². The molecule has 0 saturated carbocycles. The van der Waals surface area contributed by atoms with E-state index in [2.05, 4.69) is 11.0 Å². The van der Waals surface area contributed by atoms with Crippen LogP contribution in [-0.4, -0.2) is 34.6 Å². The third-order valence-electron chi connectivity index (χ3n) is 3.28. The van der Waals surface area contributed by atoms with Crippen LogP contribution in [0.2, 0.25) is 0 Å². The number of nitrogens with two attached hydrogens (primary N) is 1. The van der Waals surface area contributed by atoms with Crippen molar-refractivity contribution < 1.29 is 0 Å². The van der Waals surface area contributed by atoms with Gasteiger partial charge in [0.2, 0.25) is 0 Å². The van der Waals surface area contributed by atoms with Crippen LogP contribution >= 0.6 is 24.0 Å². The SMILES string of the molecule is NC(=S)c1cc2ccccc2nc1N1CCSCC1. The standard InChI is InChI=1S/C14H15N3S2/c15-13(18)11-9-10-3-1-2-4-12(10)16-14(11)17-5-7-19-8-6-17/h1-4,9H,5-8H2,(H2,15,18). The summed E-state index contributed by atoms with van der Waals surface area (Å²) in [5, 5.41) is 1.08. The molecule has 1 aromatic heterocycles. The molecule has 0 bridgehead atoms. The van der Waals surface area contributed by atoms with Gasteiger partial charge in [-0.1, -0.05) is 30.4 Å². The predicted octanol–water partition coefficient (Wildman–Crippen LogP) is 2.42. The summed E-state index contributed by atoms with van der Waals surface area (Å²) < 4.78 is 0. The maximum Gasteiger partial charge on any atom is 0.139 e. The van der Waals surface area contributed by atoms with E-state index in [1.165, 1.54) is 0 Å². The van der Waals surface area contributed by atoms with Crippen LogP contribution in [0.15, 0.2) is 30.3 Å². The lowest BCUT2D eigenvalue weighted by Gasteiger charge is -2.29. The maximum absolute atomic E-state index is 5.87. The van der Waals surface area contributed by atoms with Crippen LogP contribution in [0.1, 0.15) is 5.56 Å². The highest BCUT2D eigenvalue weighted by Crippen LogP contribution is 2.25. The molecule has 1 fully saturated rings. The lowest BCUT2D eigenvalue weighted by atomic mass is 10.1. The molecule has 98 valence electrons. The van der Waals surface area contributed by atoms with Crippen molar-refractivity contribution in [3.05, 3.63) is 35.9 Å². The average Bonchev–Trinajstić information content (AvgIpc) is 2.46. The highest BCUT2D eigenvalue weighted by Gasteiger charge is 2.18. The first-order valence-corrected chi connectivity index (χ1v) is 7.84. The van der Waals surface area contributed by atoms with Crippen molar-refractivity contribution in [1.82, 2.24) is 4.98 Å². The van der Waals surface area contributed by atoms with Gasteiger partial charge in [0, 0.05) is 30.0 Å². The first-order chi connectivity index (χ1) is 9.25. The number of pyridine rings is 1. The second-order valence-electron chi connectivity index (χ2n) is 4.52. The Bertz CT molecular complexity index is 621. The first kappa shape index (κ1) is 12.7. The predicted molar refractivity (Wildman–Crippen MR) is 87.2 cm³/mol. The minimum atomic E-state index is 0.423. The molecule has 2 aromatic rings. The van der Waals surface area contributed by atoms with Gasteiger partial charge in [0.1, 0.15) is 10.8 Å². The Morgan fingerprint density at radius 3 is 2.74 bits per heavy atom. The zero-order valence-corrected chi connectivity index (χ0v) is 12.1. The van der Waals surface area contributed by atoms with Gasteiger partial charge in [-0.15, -0.1) is 0 Å². The topological polar surface area (TPSA) is 42.1 Å². The van der Waals surface area contributed by atoms with Crippen molar-refractivity contribution in [2.75, 3.05) is 29.5 Å². The van der Waals surface area contributed by atoms with Crippen LogP contribution in [0, 0.1) is 0 Å². The quantitative estimate of drug-likeness (QED) is 0.860. The van der Waals surface area contributed by atoms with Crippen molar-refractivity contribution in [1.29, 1.82) is 0 Å². The second kappa shape index (κ2) is 5.35. The lowest BCUT2D eigenvalue weighted by Crippen LogP contribution is -2.34. The molecule has 5 heteroatoms. The molecule has 2 heterocycles. The summed E-state index contributed by atoms with van der Waals surface area (Å²) in [5.41, 5.74) is 7.76. The number of hydrogen-bond acceptors (Lipinski definition) is 4.